The van der Waals surface area contributed by atoms with E-state index in [0.717, 1.165) is 6.54 Å². The molecule has 0 bridgehead atoms. The highest BCUT2D eigenvalue weighted by atomic mass is 16.5. The summed E-state index contributed by atoms with van der Waals surface area (Å²) in [5, 5.41) is 11.0. The van der Waals surface area contributed by atoms with Crippen LogP contribution in [0.3, 0.4) is 0 Å². The number of nitrogens with zero attached hydrogens (tertiary/aromatic N) is 2. The second-order valence-electron chi connectivity index (χ2n) is 3.52. The molecule has 0 amide bonds. The van der Waals surface area contributed by atoms with Crippen molar-refractivity contribution < 1.29 is 4.74 Å². The zero-order valence-corrected chi connectivity index (χ0v) is 8.15. The quantitative estimate of drug-likeness (QED) is 0.778. The van der Waals surface area contributed by atoms with Crippen LogP contribution in [0, 0.1) is 0 Å². The molecule has 2 heterocycles. The summed E-state index contributed by atoms with van der Waals surface area (Å²) in [5.74, 6) is 0.611. The molecule has 0 spiro atoms. The van der Waals surface area contributed by atoms with E-state index in [1.807, 2.05) is 12.1 Å². The van der Waals surface area contributed by atoms with Gasteiger partial charge in [0.15, 0.2) is 0 Å². The minimum Gasteiger partial charge on any atom is -0.475 e. The summed E-state index contributed by atoms with van der Waals surface area (Å²) in [6, 6.07) is 4.14. The summed E-state index contributed by atoms with van der Waals surface area (Å²) in [4.78, 5) is 0. The minimum atomic E-state index is 0.478. The molecule has 1 N–H and O–H groups in total. The molecule has 1 unspecified atom stereocenters. The molecule has 1 atom stereocenters. The molecule has 0 aliphatic carbocycles. The van der Waals surface area contributed by atoms with Gasteiger partial charge in [0.2, 0.25) is 5.88 Å². The monoisotopic (exact) mass is 193 g/mol. The lowest BCUT2D eigenvalue weighted by molar-refractivity contribution is 0.230. The maximum atomic E-state index is 5.51. The van der Waals surface area contributed by atoms with Crippen LogP contribution in [0.2, 0.25) is 0 Å². The predicted octanol–water partition coefficient (Wildman–Crippen LogP) is 0.998. The van der Waals surface area contributed by atoms with Gasteiger partial charge in [-0.2, -0.15) is 5.10 Å². The molecule has 1 saturated heterocycles. The summed E-state index contributed by atoms with van der Waals surface area (Å²) in [6.07, 6.45) is 5.41. The Bertz CT molecular complexity index is 259. The summed E-state index contributed by atoms with van der Waals surface area (Å²) >= 11 is 0. The van der Waals surface area contributed by atoms with E-state index < -0.39 is 0 Å². The Labute approximate surface area is 83.7 Å². The zero-order chi connectivity index (χ0) is 9.64. The fourth-order valence-electron chi connectivity index (χ4n) is 1.62. The van der Waals surface area contributed by atoms with Gasteiger partial charge in [-0.3, -0.25) is 0 Å². The van der Waals surface area contributed by atoms with E-state index in [0.29, 0.717) is 18.5 Å². The predicted molar refractivity (Wildman–Crippen MR) is 53.2 cm³/mol. The van der Waals surface area contributed by atoms with Crippen molar-refractivity contribution in [2.75, 3.05) is 13.2 Å². The van der Waals surface area contributed by atoms with E-state index in [4.69, 9.17) is 4.74 Å². The number of nitrogens with one attached hydrogen (secondary N) is 1. The molecular formula is C10H15N3O. The number of rotatable bonds is 3. The SMILES string of the molecule is c1cnnc(OCC2CCCCN2)c1. The summed E-state index contributed by atoms with van der Waals surface area (Å²) in [6.45, 7) is 1.80. The molecule has 1 aromatic heterocycles. The number of hydrogen-bond acceptors (Lipinski definition) is 4. The topological polar surface area (TPSA) is 47.0 Å². The lowest BCUT2D eigenvalue weighted by Crippen LogP contribution is -2.38. The molecule has 76 valence electrons. The van der Waals surface area contributed by atoms with E-state index >= 15 is 0 Å². The Morgan fingerprint density at radius 3 is 3.21 bits per heavy atom. The first kappa shape index (κ1) is 9.40. The van der Waals surface area contributed by atoms with Crippen molar-refractivity contribution in [1.82, 2.24) is 15.5 Å². The maximum Gasteiger partial charge on any atom is 0.233 e. The van der Waals surface area contributed by atoms with Crippen molar-refractivity contribution in [3.05, 3.63) is 18.3 Å². The van der Waals surface area contributed by atoms with Crippen LogP contribution in [0.15, 0.2) is 18.3 Å². The van der Waals surface area contributed by atoms with Crippen molar-refractivity contribution >= 4 is 0 Å². The number of piperidine rings is 1. The van der Waals surface area contributed by atoms with E-state index in [1.54, 1.807) is 6.20 Å². The van der Waals surface area contributed by atoms with Gasteiger partial charge in [-0.25, -0.2) is 0 Å². The molecule has 2 rings (SSSR count). The lowest BCUT2D eigenvalue weighted by atomic mass is 10.1. The third-order valence-corrected chi connectivity index (χ3v) is 2.39. The Morgan fingerprint density at radius 1 is 1.50 bits per heavy atom. The zero-order valence-electron chi connectivity index (χ0n) is 8.15. The van der Waals surface area contributed by atoms with Gasteiger partial charge in [0.25, 0.3) is 0 Å². The average molecular weight is 193 g/mol. The largest absolute Gasteiger partial charge is 0.475 e. The average Bonchev–Trinajstić information content (AvgIpc) is 2.29. The highest BCUT2D eigenvalue weighted by Crippen LogP contribution is 2.09. The molecule has 1 aliphatic rings. The molecule has 0 aromatic carbocycles. The van der Waals surface area contributed by atoms with Crippen molar-refractivity contribution in [1.29, 1.82) is 0 Å². The molecule has 0 saturated carbocycles. The molecular weight excluding hydrogens is 178 g/mol. The summed E-state index contributed by atoms with van der Waals surface area (Å²) < 4.78 is 5.51. The highest BCUT2D eigenvalue weighted by Gasteiger charge is 2.12. The van der Waals surface area contributed by atoms with Crippen LogP contribution in [0.4, 0.5) is 0 Å². The molecule has 1 aromatic rings. The Hall–Kier alpha value is -1.16. The number of ether oxygens (including phenoxy) is 1. The summed E-state index contributed by atoms with van der Waals surface area (Å²) in [7, 11) is 0. The van der Waals surface area contributed by atoms with Crippen molar-refractivity contribution in [3.8, 4) is 5.88 Å². The van der Waals surface area contributed by atoms with Crippen LogP contribution in [0.5, 0.6) is 5.88 Å². The van der Waals surface area contributed by atoms with Gasteiger partial charge < -0.3 is 10.1 Å². The standard InChI is InChI=1S/C10H15N3O/c1-2-6-11-9(4-1)8-14-10-5-3-7-12-13-10/h3,5,7,9,11H,1-2,4,6,8H2. The highest BCUT2D eigenvalue weighted by molar-refractivity contribution is 5.05. The van der Waals surface area contributed by atoms with E-state index in [1.165, 1.54) is 19.3 Å². The molecule has 14 heavy (non-hydrogen) atoms. The van der Waals surface area contributed by atoms with Crippen LogP contribution in [-0.2, 0) is 0 Å². The van der Waals surface area contributed by atoms with Crippen LogP contribution in [-0.4, -0.2) is 29.4 Å². The Kier molecular flexibility index (Phi) is 3.29. The number of aromatic nitrogens is 2. The van der Waals surface area contributed by atoms with Gasteiger partial charge in [0.05, 0.1) is 0 Å². The Balaban J connectivity index is 1.76. The van der Waals surface area contributed by atoms with Gasteiger partial charge in [-0.15, -0.1) is 5.10 Å². The van der Waals surface area contributed by atoms with E-state index in [9.17, 15) is 0 Å². The van der Waals surface area contributed by atoms with Crippen LogP contribution >= 0.6 is 0 Å². The van der Waals surface area contributed by atoms with E-state index in [-0.39, 0.29) is 0 Å². The first-order valence-corrected chi connectivity index (χ1v) is 5.09. The summed E-state index contributed by atoms with van der Waals surface area (Å²) in [5.41, 5.74) is 0. The smallest absolute Gasteiger partial charge is 0.233 e. The van der Waals surface area contributed by atoms with Crippen molar-refractivity contribution in [3.63, 3.8) is 0 Å². The normalized spacial score (nSPS) is 21.9. The van der Waals surface area contributed by atoms with Gasteiger partial charge in [0.1, 0.15) is 6.61 Å². The third kappa shape index (κ3) is 2.67. The van der Waals surface area contributed by atoms with Crippen LogP contribution < -0.4 is 10.1 Å². The molecule has 1 aliphatic heterocycles. The van der Waals surface area contributed by atoms with Crippen LogP contribution in [0.25, 0.3) is 0 Å². The van der Waals surface area contributed by atoms with Gasteiger partial charge in [-0.1, -0.05) is 6.42 Å². The molecule has 4 heteroatoms. The van der Waals surface area contributed by atoms with E-state index in [2.05, 4.69) is 15.5 Å². The van der Waals surface area contributed by atoms with Gasteiger partial charge in [-0.05, 0) is 25.5 Å². The van der Waals surface area contributed by atoms with Gasteiger partial charge >= 0.3 is 0 Å². The second-order valence-corrected chi connectivity index (χ2v) is 3.52. The first-order chi connectivity index (χ1) is 6.95. The Morgan fingerprint density at radius 2 is 2.50 bits per heavy atom. The fourth-order valence-corrected chi connectivity index (χ4v) is 1.62. The molecule has 0 radical (unpaired) electrons. The third-order valence-electron chi connectivity index (χ3n) is 2.39. The number of hydrogen-bond donors (Lipinski definition) is 1. The van der Waals surface area contributed by atoms with Crippen molar-refractivity contribution in [2.24, 2.45) is 0 Å². The maximum absolute atomic E-state index is 5.51. The second kappa shape index (κ2) is 4.91. The minimum absolute atomic E-state index is 0.478. The van der Waals surface area contributed by atoms with Gasteiger partial charge in [0, 0.05) is 18.3 Å². The first-order valence-electron chi connectivity index (χ1n) is 5.09. The lowest BCUT2D eigenvalue weighted by Gasteiger charge is -2.22. The molecule has 4 nitrogen and oxygen atoms in total. The van der Waals surface area contributed by atoms with Crippen molar-refractivity contribution in [2.45, 2.75) is 25.3 Å². The van der Waals surface area contributed by atoms with Crippen LogP contribution in [0.1, 0.15) is 19.3 Å². The molecule has 1 fully saturated rings. The fraction of sp³-hybridized carbons (Fsp3) is 0.600.